The number of alkyl carbamates (subject to hydrolysis) is 1. The first-order valence-corrected chi connectivity index (χ1v) is 36.5. The number of ether oxygens (including phenoxy) is 7. The topological polar surface area (TPSA) is 269 Å². The Bertz CT molecular complexity index is 3000. The van der Waals surface area contributed by atoms with Crippen LogP contribution in [0, 0.1) is 5.92 Å². The number of amides is 7. The number of methoxy groups -OCH3 is 2. The average molecular weight is 1290 g/mol. The van der Waals surface area contributed by atoms with Gasteiger partial charge in [-0.05, 0) is 105 Å². The predicted molar refractivity (Wildman–Crippen MR) is 351 cm³/mol. The van der Waals surface area contributed by atoms with Gasteiger partial charge in [-0.2, -0.15) is 0 Å². The molecule has 0 bridgehead atoms. The van der Waals surface area contributed by atoms with Gasteiger partial charge in [-0.25, -0.2) is 14.4 Å². The van der Waals surface area contributed by atoms with Gasteiger partial charge in [-0.3, -0.25) is 29.8 Å². The quantitative estimate of drug-likeness (QED) is 0.0180. The highest BCUT2D eigenvalue weighted by Crippen LogP contribution is 2.41. The van der Waals surface area contributed by atoms with Gasteiger partial charge in [0.15, 0.2) is 39.6 Å². The summed E-state index contributed by atoms with van der Waals surface area (Å²) >= 11 is 0. The lowest BCUT2D eigenvalue weighted by atomic mass is 10.0. The third kappa shape index (κ3) is 20.5. The van der Waals surface area contributed by atoms with Crippen molar-refractivity contribution in [1.29, 1.82) is 0 Å². The van der Waals surface area contributed by atoms with Gasteiger partial charge in [0.1, 0.15) is 31.9 Å². The number of carbonyl (C=O) groups excluding carboxylic acids is 7. The van der Waals surface area contributed by atoms with Crippen molar-refractivity contribution in [2.24, 2.45) is 5.92 Å². The first-order valence-electron chi connectivity index (χ1n) is 30.7. The molecule has 5 N–H and O–H groups in total. The molecule has 0 unspecified atom stereocenters. The number of nitrogens with zero attached hydrogens (tertiary/aromatic N) is 2. The number of benzene rings is 3. The molecular formula is C65H97N7O16Si2. The smallest absolute Gasteiger partial charge is 0.411 e. The van der Waals surface area contributed by atoms with E-state index in [1.165, 1.54) is 51.5 Å². The van der Waals surface area contributed by atoms with Crippen LogP contribution in [0.4, 0.5) is 31.4 Å². The summed E-state index contributed by atoms with van der Waals surface area (Å²) in [5, 5.41) is 13.3. The third-order valence-electron chi connectivity index (χ3n) is 16.7. The molecule has 2 heterocycles. The monoisotopic (exact) mass is 1290 g/mol. The second-order valence-corrected chi connectivity index (χ2v) is 35.4. The van der Waals surface area contributed by atoms with Crippen LogP contribution in [0.5, 0.6) is 23.0 Å². The molecule has 0 saturated carbocycles. The van der Waals surface area contributed by atoms with Crippen LogP contribution in [0.3, 0.4) is 0 Å². The number of likely N-dealkylation sites (tertiary alicyclic amines) is 2. The molecule has 0 aromatic heterocycles. The lowest BCUT2D eigenvalue weighted by Crippen LogP contribution is -2.53. The second-order valence-electron chi connectivity index (χ2n) is 25.8. The van der Waals surface area contributed by atoms with E-state index in [1.807, 2.05) is 0 Å². The van der Waals surface area contributed by atoms with Crippen molar-refractivity contribution in [2.45, 2.75) is 161 Å². The normalized spacial score (nSPS) is 15.8. The zero-order valence-electron chi connectivity index (χ0n) is 55.4. The van der Waals surface area contributed by atoms with Gasteiger partial charge in [-0.1, -0.05) is 92.8 Å². The van der Waals surface area contributed by atoms with E-state index < -0.39 is 58.8 Å². The van der Waals surface area contributed by atoms with E-state index in [2.05, 4.69) is 107 Å². The first kappa shape index (κ1) is 73.1. The van der Waals surface area contributed by atoms with Gasteiger partial charge in [0, 0.05) is 37.3 Å². The van der Waals surface area contributed by atoms with E-state index in [9.17, 15) is 33.6 Å². The Morgan fingerprint density at radius 1 is 0.600 bits per heavy atom. The molecule has 2 aliphatic rings. The summed E-state index contributed by atoms with van der Waals surface area (Å²) in [4.78, 5) is 97.9. The fourth-order valence-electron chi connectivity index (χ4n) is 9.27. The molecule has 2 saturated heterocycles. The minimum absolute atomic E-state index is 0.0138. The molecule has 7 amide bonds. The maximum atomic E-state index is 14.7. The van der Waals surface area contributed by atoms with Crippen molar-refractivity contribution < 1.29 is 75.6 Å². The summed E-state index contributed by atoms with van der Waals surface area (Å²) in [5.74, 6) is -1.15. The minimum atomic E-state index is -2.17. The van der Waals surface area contributed by atoms with Crippen molar-refractivity contribution in [3.05, 3.63) is 90.5 Å². The van der Waals surface area contributed by atoms with Gasteiger partial charge in [0.05, 0.1) is 75.2 Å². The van der Waals surface area contributed by atoms with Gasteiger partial charge in [-0.15, -0.1) is 0 Å². The van der Waals surface area contributed by atoms with Crippen molar-refractivity contribution in [3.8, 4) is 23.0 Å². The van der Waals surface area contributed by atoms with Gasteiger partial charge < -0.3 is 67.8 Å². The predicted octanol–water partition coefficient (Wildman–Crippen LogP) is 11.7. The van der Waals surface area contributed by atoms with Crippen LogP contribution in [0.25, 0.3) is 0 Å². The van der Waals surface area contributed by atoms with Gasteiger partial charge >= 0.3 is 18.3 Å². The van der Waals surface area contributed by atoms with Gasteiger partial charge in [0.2, 0.25) is 11.8 Å². The van der Waals surface area contributed by atoms with E-state index >= 15 is 0 Å². The van der Waals surface area contributed by atoms with Crippen LogP contribution in [-0.4, -0.2) is 159 Å². The van der Waals surface area contributed by atoms with Crippen molar-refractivity contribution in [1.82, 2.24) is 20.4 Å². The fourth-order valence-corrected chi connectivity index (χ4v) is 11.4. The van der Waals surface area contributed by atoms with Gasteiger partial charge in [0.25, 0.3) is 11.8 Å². The lowest BCUT2D eigenvalue weighted by Gasteiger charge is -2.38. The Morgan fingerprint density at radius 2 is 1.04 bits per heavy atom. The number of rotatable bonds is 30. The zero-order valence-corrected chi connectivity index (χ0v) is 57.4. The third-order valence-corrected chi connectivity index (χ3v) is 25.7. The number of nitrogens with one attached hydrogen (secondary N) is 5. The van der Waals surface area contributed by atoms with E-state index in [-0.39, 0.29) is 118 Å². The summed E-state index contributed by atoms with van der Waals surface area (Å²) < 4.78 is 53.2. The zero-order chi connectivity index (χ0) is 66.7. The molecule has 5 rings (SSSR count). The molecule has 3 aromatic carbocycles. The fraction of sp³-hybridized carbons (Fsp3) is 0.554. The first-order chi connectivity index (χ1) is 42.3. The van der Waals surface area contributed by atoms with E-state index in [1.54, 1.807) is 54.0 Å². The largest absolute Gasteiger partial charge is 0.493 e. The van der Waals surface area contributed by atoms with Crippen LogP contribution < -0.4 is 45.5 Å². The number of hydrogen-bond acceptors (Lipinski definition) is 16. The van der Waals surface area contributed by atoms with Crippen LogP contribution >= 0.6 is 0 Å². The van der Waals surface area contributed by atoms with Crippen molar-refractivity contribution in [3.63, 3.8) is 0 Å². The van der Waals surface area contributed by atoms with E-state index in [0.29, 0.717) is 44.0 Å². The highest BCUT2D eigenvalue weighted by atomic mass is 28.4. The molecule has 25 heteroatoms. The summed E-state index contributed by atoms with van der Waals surface area (Å²) in [6.45, 7) is 35.4. The molecule has 0 spiro atoms. The lowest BCUT2D eigenvalue weighted by molar-refractivity contribution is -0.128. The molecule has 90 heavy (non-hydrogen) atoms. The standard InChI is InChI=1S/C65H97N7O16Si2/c1-18-31-84-61(77)68-50-37-54(52(80-12)35-48(50)59(75)71-29-20-23-46(71)40-87-89(14,15)64(6,7)8)82-33-22-34-83-55-38-51(49(36-53(55)81-13)60(76)72-30-21-24-47(72)41-88-90(16,17)65(9,10)11)69-62(78)86-39-44-25-27-45(28-26-44)67-57(73)43(5)66-58(74)56(42(3)4)70-63(79)85-32-19-2/h18-19,25-28,35-38,42-43,46-47,56H,1-2,20-24,29-34,39-41H2,3-17H3,(H,66,74)(H,67,73)(H,68,77)(H,69,78)(H,70,79)/t43-,46-,47-,56-/m0/s1. The summed E-state index contributed by atoms with van der Waals surface area (Å²) in [6.07, 6.45) is 3.72. The maximum Gasteiger partial charge on any atom is 0.411 e. The van der Waals surface area contributed by atoms with Crippen LogP contribution in [0.15, 0.2) is 73.8 Å². The second kappa shape index (κ2) is 32.9. The Morgan fingerprint density at radius 3 is 1.47 bits per heavy atom. The highest BCUT2D eigenvalue weighted by Gasteiger charge is 2.42. The van der Waals surface area contributed by atoms with Crippen LogP contribution in [0.1, 0.15) is 121 Å². The highest BCUT2D eigenvalue weighted by molar-refractivity contribution is 6.74. The molecule has 0 radical (unpaired) electrons. The average Bonchev–Trinajstić information content (AvgIpc) is 1.41. The number of anilines is 3. The molecule has 0 aliphatic carbocycles. The number of hydrogen-bond donors (Lipinski definition) is 5. The molecule has 496 valence electrons. The van der Waals surface area contributed by atoms with Crippen LogP contribution in [-0.2, 0) is 39.3 Å². The molecule has 2 fully saturated rings. The maximum absolute atomic E-state index is 14.7. The van der Waals surface area contributed by atoms with Crippen molar-refractivity contribution >= 4 is 75.6 Å². The van der Waals surface area contributed by atoms with Crippen LogP contribution in [0.2, 0.25) is 36.3 Å². The summed E-state index contributed by atoms with van der Waals surface area (Å²) in [5.41, 5.74) is 1.55. The minimum Gasteiger partial charge on any atom is -0.493 e. The molecular weight excluding hydrogens is 1190 g/mol. The Balaban J connectivity index is 1.32. The Hall–Kier alpha value is -7.62. The van der Waals surface area contributed by atoms with E-state index in [0.717, 1.165) is 25.7 Å². The van der Waals surface area contributed by atoms with E-state index in [4.69, 9.17) is 42.0 Å². The SMILES string of the molecule is C=CCOC(=O)Nc1cc(OCCCOc2cc(NC(=O)OCc3ccc(NC(=O)[C@H](C)NC(=O)[C@@H](NC(=O)OCC=C)C(C)C)cc3)c(C(=O)N3CCC[C@H]3CO[Si](C)(C)C(C)(C)C)cc2OC)c(OC)cc1C(=O)N1CCC[C@H]1CO[Si](C)(C)C(C)(C)C. The summed E-state index contributed by atoms with van der Waals surface area (Å²) in [7, 11) is -1.39. The molecule has 3 aromatic rings. The number of carbonyl (C=O) groups is 7. The Labute approximate surface area is 533 Å². The Kier molecular flexibility index (Phi) is 26.7. The molecule has 23 nitrogen and oxygen atoms in total. The molecule has 4 atom stereocenters. The molecule has 2 aliphatic heterocycles. The van der Waals surface area contributed by atoms with Crippen molar-refractivity contribution in [2.75, 3.05) is 82.9 Å². The summed E-state index contributed by atoms with van der Waals surface area (Å²) in [6, 6.07) is 10.3.